The van der Waals surface area contributed by atoms with Crippen molar-refractivity contribution in [2.75, 3.05) is 33.2 Å². The molecule has 2 saturated heterocycles. The molecule has 21 heavy (non-hydrogen) atoms. The van der Waals surface area contributed by atoms with E-state index in [-0.39, 0.29) is 0 Å². The molecular formula is C18H36N2O. The van der Waals surface area contributed by atoms with E-state index < -0.39 is 0 Å². The Morgan fingerprint density at radius 3 is 2.38 bits per heavy atom. The van der Waals surface area contributed by atoms with Crippen LogP contribution < -0.4 is 0 Å². The molecule has 0 amide bonds. The number of likely N-dealkylation sites (tertiary alicyclic amines) is 1. The van der Waals surface area contributed by atoms with Gasteiger partial charge in [-0.1, -0.05) is 6.92 Å². The Labute approximate surface area is 132 Å². The second kappa shape index (κ2) is 7.94. The van der Waals surface area contributed by atoms with E-state index in [0.717, 1.165) is 24.9 Å². The van der Waals surface area contributed by atoms with Crippen molar-refractivity contribution < 1.29 is 4.74 Å². The first-order chi connectivity index (χ1) is 9.95. The summed E-state index contributed by atoms with van der Waals surface area (Å²) in [5, 5.41) is 0. The summed E-state index contributed by atoms with van der Waals surface area (Å²) in [4.78, 5) is 5.05. The van der Waals surface area contributed by atoms with E-state index in [9.17, 15) is 0 Å². The molecule has 3 unspecified atom stereocenters. The number of nitrogens with zero attached hydrogens (tertiary/aromatic N) is 2. The summed E-state index contributed by atoms with van der Waals surface area (Å²) in [7, 11) is 2.25. The maximum Gasteiger partial charge on any atom is 0.0706 e. The van der Waals surface area contributed by atoms with Crippen LogP contribution in [0.3, 0.4) is 0 Å². The van der Waals surface area contributed by atoms with E-state index in [1.807, 2.05) is 0 Å². The van der Waals surface area contributed by atoms with E-state index in [2.05, 4.69) is 44.5 Å². The van der Waals surface area contributed by atoms with Gasteiger partial charge in [-0.3, -0.25) is 4.90 Å². The third kappa shape index (κ3) is 5.22. The zero-order valence-corrected chi connectivity index (χ0v) is 14.8. The minimum atomic E-state index is 0.393. The van der Waals surface area contributed by atoms with Crippen LogP contribution in [0.2, 0.25) is 0 Å². The fraction of sp³-hybridized carbons (Fsp3) is 1.00. The van der Waals surface area contributed by atoms with Gasteiger partial charge >= 0.3 is 0 Å². The van der Waals surface area contributed by atoms with Gasteiger partial charge in [0.15, 0.2) is 0 Å². The Morgan fingerprint density at radius 2 is 1.76 bits per heavy atom. The maximum atomic E-state index is 6.17. The summed E-state index contributed by atoms with van der Waals surface area (Å²) in [6.07, 6.45) is 6.18. The van der Waals surface area contributed by atoms with Gasteiger partial charge in [0.05, 0.1) is 12.2 Å². The van der Waals surface area contributed by atoms with Crippen LogP contribution in [0, 0.1) is 11.8 Å². The first kappa shape index (κ1) is 17.2. The molecule has 0 aromatic rings. The molecule has 0 aromatic heterocycles. The van der Waals surface area contributed by atoms with Crippen molar-refractivity contribution in [1.29, 1.82) is 0 Å². The second-order valence-corrected chi connectivity index (χ2v) is 7.81. The molecule has 0 saturated carbocycles. The lowest BCUT2D eigenvalue weighted by Gasteiger charge is -2.40. The van der Waals surface area contributed by atoms with Crippen LogP contribution in [0.4, 0.5) is 0 Å². The van der Waals surface area contributed by atoms with Crippen LogP contribution >= 0.6 is 0 Å². The minimum absolute atomic E-state index is 0.393. The van der Waals surface area contributed by atoms with Crippen LogP contribution in [0.1, 0.15) is 53.4 Å². The highest BCUT2D eigenvalue weighted by Crippen LogP contribution is 2.29. The largest absolute Gasteiger partial charge is 0.373 e. The molecule has 0 bridgehead atoms. The fourth-order valence-corrected chi connectivity index (χ4v) is 3.94. The highest BCUT2D eigenvalue weighted by Gasteiger charge is 2.28. The third-order valence-electron chi connectivity index (χ3n) is 5.60. The highest BCUT2D eigenvalue weighted by molar-refractivity contribution is 4.80. The number of piperidine rings is 1. The van der Waals surface area contributed by atoms with Gasteiger partial charge < -0.3 is 9.64 Å². The van der Waals surface area contributed by atoms with Gasteiger partial charge in [-0.25, -0.2) is 0 Å². The average Bonchev–Trinajstić information content (AvgIpc) is 2.45. The maximum absolute atomic E-state index is 6.17. The smallest absolute Gasteiger partial charge is 0.0706 e. The van der Waals surface area contributed by atoms with Crippen molar-refractivity contribution in [2.24, 2.45) is 11.8 Å². The predicted molar refractivity (Wildman–Crippen MR) is 89.7 cm³/mol. The summed E-state index contributed by atoms with van der Waals surface area (Å²) < 4.78 is 6.17. The van der Waals surface area contributed by atoms with Crippen LogP contribution in [0.15, 0.2) is 0 Å². The number of hydrogen-bond donors (Lipinski definition) is 0. The molecular weight excluding hydrogens is 260 g/mol. The van der Waals surface area contributed by atoms with Crippen molar-refractivity contribution in [3.8, 4) is 0 Å². The molecule has 0 aromatic carbocycles. The Bertz CT molecular complexity index is 300. The highest BCUT2D eigenvalue weighted by atomic mass is 16.5. The summed E-state index contributed by atoms with van der Waals surface area (Å²) in [5.41, 5.74) is 0. The van der Waals surface area contributed by atoms with Crippen LogP contribution in [0.25, 0.3) is 0 Å². The summed E-state index contributed by atoms with van der Waals surface area (Å²) in [6.45, 7) is 14.1. The molecule has 2 rings (SSSR count). The van der Waals surface area contributed by atoms with Gasteiger partial charge in [-0.15, -0.1) is 0 Å². The molecule has 3 atom stereocenters. The second-order valence-electron chi connectivity index (χ2n) is 7.81. The molecule has 2 aliphatic rings. The van der Waals surface area contributed by atoms with Crippen LogP contribution in [0.5, 0.6) is 0 Å². The molecule has 2 aliphatic heterocycles. The first-order valence-electron chi connectivity index (χ1n) is 9.03. The van der Waals surface area contributed by atoms with Gasteiger partial charge in [0.25, 0.3) is 0 Å². The van der Waals surface area contributed by atoms with E-state index in [4.69, 9.17) is 4.74 Å². The SMILES string of the molecule is CC1CN(C(C)C)CC(CCC(C)C2CCN(C)CC2)O1. The summed E-state index contributed by atoms with van der Waals surface area (Å²) >= 11 is 0. The molecule has 3 nitrogen and oxygen atoms in total. The van der Waals surface area contributed by atoms with Crippen LogP contribution in [-0.2, 0) is 4.74 Å². The first-order valence-corrected chi connectivity index (χ1v) is 9.03. The lowest BCUT2D eigenvalue weighted by atomic mass is 9.82. The van der Waals surface area contributed by atoms with Crippen molar-refractivity contribution in [3.63, 3.8) is 0 Å². The van der Waals surface area contributed by atoms with Gasteiger partial charge in [0, 0.05) is 19.1 Å². The normalized spacial score (nSPS) is 31.7. The fourth-order valence-electron chi connectivity index (χ4n) is 3.94. The van der Waals surface area contributed by atoms with Gasteiger partial charge in [-0.05, 0) is 78.4 Å². The number of rotatable bonds is 5. The van der Waals surface area contributed by atoms with Crippen molar-refractivity contribution in [3.05, 3.63) is 0 Å². The van der Waals surface area contributed by atoms with Crippen LogP contribution in [-0.4, -0.2) is 61.3 Å². The number of morpholine rings is 1. The van der Waals surface area contributed by atoms with Gasteiger partial charge in [0.2, 0.25) is 0 Å². The molecule has 3 heteroatoms. The Balaban J connectivity index is 1.74. The van der Waals surface area contributed by atoms with E-state index in [0.29, 0.717) is 18.2 Å². The van der Waals surface area contributed by atoms with E-state index in [1.165, 1.54) is 38.8 Å². The van der Waals surface area contributed by atoms with Crippen molar-refractivity contribution in [1.82, 2.24) is 9.80 Å². The summed E-state index contributed by atoms with van der Waals surface area (Å²) in [6, 6.07) is 0.644. The van der Waals surface area contributed by atoms with Gasteiger partial charge in [-0.2, -0.15) is 0 Å². The van der Waals surface area contributed by atoms with E-state index >= 15 is 0 Å². The molecule has 124 valence electrons. The Morgan fingerprint density at radius 1 is 1.10 bits per heavy atom. The Hall–Kier alpha value is -0.120. The van der Waals surface area contributed by atoms with E-state index in [1.54, 1.807) is 0 Å². The molecule has 0 aliphatic carbocycles. The molecule has 0 radical (unpaired) electrons. The zero-order valence-electron chi connectivity index (χ0n) is 14.8. The number of hydrogen-bond acceptors (Lipinski definition) is 3. The minimum Gasteiger partial charge on any atom is -0.373 e. The molecule has 2 heterocycles. The monoisotopic (exact) mass is 296 g/mol. The number of ether oxygens (including phenoxy) is 1. The third-order valence-corrected chi connectivity index (χ3v) is 5.60. The zero-order chi connectivity index (χ0) is 15.4. The molecule has 0 spiro atoms. The lowest BCUT2D eigenvalue weighted by molar-refractivity contribution is -0.0898. The summed E-state index contributed by atoms with van der Waals surface area (Å²) in [5.74, 6) is 1.79. The van der Waals surface area contributed by atoms with Gasteiger partial charge in [0.1, 0.15) is 0 Å². The topological polar surface area (TPSA) is 15.7 Å². The lowest BCUT2D eigenvalue weighted by Crippen LogP contribution is -2.49. The van der Waals surface area contributed by atoms with Crippen molar-refractivity contribution in [2.45, 2.75) is 71.6 Å². The quantitative estimate of drug-likeness (QED) is 0.774. The predicted octanol–water partition coefficient (Wildman–Crippen LogP) is 3.24. The molecule has 0 N–H and O–H groups in total. The average molecular weight is 296 g/mol. The molecule has 2 fully saturated rings. The standard InChI is InChI=1S/C18H36N2O/c1-14(2)20-12-16(4)21-18(13-20)7-6-15(3)17-8-10-19(5)11-9-17/h14-18H,6-13H2,1-5H3. The Kier molecular flexibility index (Phi) is 6.51. The van der Waals surface area contributed by atoms with Crippen molar-refractivity contribution >= 4 is 0 Å².